The Morgan fingerprint density at radius 1 is 1.42 bits per heavy atom. The van der Waals surface area contributed by atoms with Crippen LogP contribution in [0.15, 0.2) is 27.6 Å². The maximum Gasteiger partial charge on any atom is 0.241 e. The van der Waals surface area contributed by atoms with Crippen molar-refractivity contribution in [2.24, 2.45) is 5.41 Å². The number of benzene rings is 1. The Morgan fingerprint density at radius 2 is 2.11 bits per heavy atom. The molecule has 0 spiro atoms. The van der Waals surface area contributed by atoms with Crippen LogP contribution in [0.4, 0.5) is 5.69 Å². The first-order chi connectivity index (χ1) is 8.72. The van der Waals surface area contributed by atoms with E-state index < -0.39 is 10.0 Å². The van der Waals surface area contributed by atoms with Crippen molar-refractivity contribution >= 4 is 31.6 Å². The van der Waals surface area contributed by atoms with Gasteiger partial charge in [-0.05, 0) is 52.4 Å². The molecule has 4 nitrogen and oxygen atoms in total. The monoisotopic (exact) mass is 346 g/mol. The maximum absolute atomic E-state index is 12.4. The summed E-state index contributed by atoms with van der Waals surface area (Å²) in [7, 11) is -3.51. The SMILES string of the molecule is CC1(C)CCCC1NS(=O)(=O)c1ccc(N)cc1Br. The fraction of sp³-hybridized carbons (Fsp3) is 0.538. The highest BCUT2D eigenvalue weighted by Crippen LogP contribution is 2.38. The number of nitrogens with one attached hydrogen (secondary N) is 1. The highest BCUT2D eigenvalue weighted by Gasteiger charge is 2.37. The van der Waals surface area contributed by atoms with Crippen LogP contribution in [0.3, 0.4) is 0 Å². The van der Waals surface area contributed by atoms with Gasteiger partial charge in [0.2, 0.25) is 10.0 Å². The van der Waals surface area contributed by atoms with Crippen molar-refractivity contribution in [3.63, 3.8) is 0 Å². The largest absolute Gasteiger partial charge is 0.399 e. The van der Waals surface area contributed by atoms with E-state index in [4.69, 9.17) is 5.73 Å². The fourth-order valence-corrected chi connectivity index (χ4v) is 5.07. The molecule has 0 saturated heterocycles. The molecule has 1 aromatic carbocycles. The lowest BCUT2D eigenvalue weighted by atomic mass is 9.88. The van der Waals surface area contributed by atoms with Crippen LogP contribution < -0.4 is 10.5 Å². The molecule has 0 radical (unpaired) electrons. The van der Waals surface area contributed by atoms with Gasteiger partial charge in [0.05, 0.1) is 4.90 Å². The molecule has 1 unspecified atom stereocenters. The topological polar surface area (TPSA) is 72.2 Å². The van der Waals surface area contributed by atoms with E-state index in [0.717, 1.165) is 19.3 Å². The molecule has 19 heavy (non-hydrogen) atoms. The molecule has 6 heteroatoms. The van der Waals surface area contributed by atoms with E-state index >= 15 is 0 Å². The number of hydrogen-bond acceptors (Lipinski definition) is 3. The van der Waals surface area contributed by atoms with Crippen LogP contribution in [-0.2, 0) is 10.0 Å². The summed E-state index contributed by atoms with van der Waals surface area (Å²) >= 11 is 3.26. The lowest BCUT2D eigenvalue weighted by molar-refractivity contribution is 0.313. The fourth-order valence-electron chi connectivity index (χ4n) is 2.53. The second-order valence-corrected chi connectivity index (χ2v) is 8.28. The van der Waals surface area contributed by atoms with Crippen molar-refractivity contribution < 1.29 is 8.42 Å². The van der Waals surface area contributed by atoms with Gasteiger partial charge >= 0.3 is 0 Å². The first-order valence-corrected chi connectivity index (χ1v) is 8.57. The Hall–Kier alpha value is -0.590. The lowest BCUT2D eigenvalue weighted by Gasteiger charge is -2.27. The molecule has 106 valence electrons. The molecular weight excluding hydrogens is 328 g/mol. The molecule has 0 aliphatic heterocycles. The second kappa shape index (κ2) is 5.07. The predicted octanol–water partition coefficient (Wildman–Crippen LogP) is 2.89. The average molecular weight is 347 g/mol. The summed E-state index contributed by atoms with van der Waals surface area (Å²) in [5, 5.41) is 0. The zero-order valence-corrected chi connectivity index (χ0v) is 13.5. The summed E-state index contributed by atoms with van der Waals surface area (Å²) in [5.74, 6) is 0. The molecule has 1 aromatic rings. The van der Waals surface area contributed by atoms with Crippen LogP contribution >= 0.6 is 15.9 Å². The van der Waals surface area contributed by atoms with Gasteiger partial charge in [0.1, 0.15) is 0 Å². The van der Waals surface area contributed by atoms with Crippen LogP contribution in [0.1, 0.15) is 33.1 Å². The van der Waals surface area contributed by atoms with E-state index in [9.17, 15) is 8.42 Å². The van der Waals surface area contributed by atoms with Crippen molar-refractivity contribution in [2.45, 2.75) is 44.0 Å². The van der Waals surface area contributed by atoms with E-state index in [2.05, 4.69) is 34.5 Å². The number of nitrogen functional groups attached to an aromatic ring is 1. The smallest absolute Gasteiger partial charge is 0.241 e. The van der Waals surface area contributed by atoms with Crippen molar-refractivity contribution in [3.8, 4) is 0 Å². The maximum atomic E-state index is 12.4. The molecule has 0 aromatic heterocycles. The number of hydrogen-bond donors (Lipinski definition) is 2. The molecule has 2 rings (SSSR count). The molecule has 1 saturated carbocycles. The number of nitrogens with two attached hydrogens (primary N) is 1. The number of sulfonamides is 1. The Labute approximate surface area is 122 Å². The first-order valence-electron chi connectivity index (χ1n) is 6.30. The first kappa shape index (κ1) is 14.8. The van der Waals surface area contributed by atoms with Gasteiger partial charge in [0.25, 0.3) is 0 Å². The molecule has 3 N–H and O–H groups in total. The van der Waals surface area contributed by atoms with Crippen LogP contribution in [0.25, 0.3) is 0 Å². The molecule has 0 heterocycles. The minimum absolute atomic E-state index is 0.00730. The van der Waals surface area contributed by atoms with Gasteiger partial charge in [-0.3, -0.25) is 0 Å². The van der Waals surface area contributed by atoms with Crippen LogP contribution in [0.5, 0.6) is 0 Å². The Bertz CT molecular complexity index is 584. The van der Waals surface area contributed by atoms with Crippen LogP contribution in [0, 0.1) is 5.41 Å². The van der Waals surface area contributed by atoms with Crippen LogP contribution in [0.2, 0.25) is 0 Å². The van der Waals surface area contributed by atoms with Gasteiger partial charge in [-0.25, -0.2) is 13.1 Å². The van der Waals surface area contributed by atoms with Gasteiger partial charge in [-0.1, -0.05) is 20.3 Å². The van der Waals surface area contributed by atoms with Crippen molar-refractivity contribution in [1.29, 1.82) is 0 Å². The minimum atomic E-state index is -3.51. The highest BCUT2D eigenvalue weighted by molar-refractivity contribution is 9.10. The minimum Gasteiger partial charge on any atom is -0.399 e. The summed E-state index contributed by atoms with van der Waals surface area (Å²) in [6.07, 6.45) is 2.99. The molecule has 1 fully saturated rings. The van der Waals surface area contributed by atoms with E-state index in [1.54, 1.807) is 12.1 Å². The number of rotatable bonds is 3. The van der Waals surface area contributed by atoms with Crippen molar-refractivity contribution in [1.82, 2.24) is 4.72 Å². The molecular formula is C13H19BrN2O2S. The quantitative estimate of drug-likeness (QED) is 0.826. The van der Waals surface area contributed by atoms with E-state index in [1.807, 2.05) is 0 Å². The average Bonchev–Trinajstić information content (AvgIpc) is 2.56. The van der Waals surface area contributed by atoms with E-state index in [0.29, 0.717) is 10.2 Å². The predicted molar refractivity (Wildman–Crippen MR) is 80.3 cm³/mol. The summed E-state index contributed by atoms with van der Waals surface area (Å²) < 4.78 is 28.2. The highest BCUT2D eigenvalue weighted by atomic mass is 79.9. The Morgan fingerprint density at radius 3 is 2.63 bits per heavy atom. The normalized spacial score (nSPS) is 22.6. The summed E-state index contributed by atoms with van der Waals surface area (Å²) in [6.45, 7) is 4.20. The van der Waals surface area contributed by atoms with Gasteiger partial charge in [0, 0.05) is 16.2 Å². The molecule has 1 atom stereocenters. The third-order valence-electron chi connectivity index (χ3n) is 3.80. The van der Waals surface area contributed by atoms with Crippen molar-refractivity contribution in [2.75, 3.05) is 5.73 Å². The number of anilines is 1. The van der Waals surface area contributed by atoms with E-state index in [1.165, 1.54) is 6.07 Å². The lowest BCUT2D eigenvalue weighted by Crippen LogP contribution is -2.41. The standard InChI is InChI=1S/C13H19BrN2O2S/c1-13(2)7-3-4-12(13)16-19(17,18)11-6-5-9(15)8-10(11)14/h5-6,8,12,16H,3-4,7,15H2,1-2H3. The summed E-state index contributed by atoms with van der Waals surface area (Å²) in [6, 6.07) is 4.72. The van der Waals surface area contributed by atoms with Gasteiger partial charge in [-0.2, -0.15) is 0 Å². The van der Waals surface area contributed by atoms with Gasteiger partial charge in [0.15, 0.2) is 0 Å². The van der Waals surface area contributed by atoms with E-state index in [-0.39, 0.29) is 16.4 Å². The van der Waals surface area contributed by atoms with Crippen LogP contribution in [-0.4, -0.2) is 14.5 Å². The third kappa shape index (κ3) is 3.12. The second-order valence-electron chi connectivity index (χ2n) is 5.74. The summed E-state index contributed by atoms with van der Waals surface area (Å²) in [4.78, 5) is 0.240. The number of halogens is 1. The molecule has 0 amide bonds. The molecule has 1 aliphatic carbocycles. The van der Waals surface area contributed by atoms with Crippen molar-refractivity contribution in [3.05, 3.63) is 22.7 Å². The van der Waals surface area contributed by atoms with Gasteiger partial charge in [-0.15, -0.1) is 0 Å². The Balaban J connectivity index is 2.28. The third-order valence-corrected chi connectivity index (χ3v) is 6.25. The molecule has 0 bridgehead atoms. The zero-order chi connectivity index (χ0) is 14.3. The van der Waals surface area contributed by atoms with Gasteiger partial charge < -0.3 is 5.73 Å². The summed E-state index contributed by atoms with van der Waals surface area (Å²) in [5.41, 5.74) is 6.17. The Kier molecular flexibility index (Phi) is 3.95. The molecule has 1 aliphatic rings. The zero-order valence-electron chi connectivity index (χ0n) is 11.1.